The van der Waals surface area contributed by atoms with Crippen molar-refractivity contribution in [2.45, 2.75) is 44.5 Å². The van der Waals surface area contributed by atoms with Crippen molar-refractivity contribution in [1.29, 1.82) is 5.41 Å². The number of amides is 2. The molecule has 6 N–H and O–H groups in total. The normalized spacial score (nSPS) is 15.2. The SMILES string of the molecule is CC(NC(=O)CC(=O)Nc1ccc(C(=N)N)cc1)c1ccc(OC2CCNCC2)c(C(F)(F)F)c1. The van der Waals surface area contributed by atoms with E-state index < -0.39 is 36.0 Å². The van der Waals surface area contributed by atoms with Gasteiger partial charge in [-0.3, -0.25) is 15.0 Å². The third-order valence-corrected chi connectivity index (χ3v) is 5.57. The molecular formula is C24H28F3N5O3. The lowest BCUT2D eigenvalue weighted by Gasteiger charge is -2.26. The third kappa shape index (κ3) is 7.44. The Labute approximate surface area is 200 Å². The minimum atomic E-state index is -4.63. The molecule has 35 heavy (non-hydrogen) atoms. The Hall–Kier alpha value is -3.60. The first-order valence-corrected chi connectivity index (χ1v) is 11.1. The van der Waals surface area contributed by atoms with Crippen LogP contribution in [0.5, 0.6) is 5.75 Å². The van der Waals surface area contributed by atoms with Crippen LogP contribution in [0.3, 0.4) is 0 Å². The summed E-state index contributed by atoms with van der Waals surface area (Å²) in [6, 6.07) is 9.15. The van der Waals surface area contributed by atoms with Gasteiger partial charge in [0.1, 0.15) is 24.1 Å². The quantitative estimate of drug-likeness (QED) is 0.220. The van der Waals surface area contributed by atoms with E-state index in [-0.39, 0.29) is 23.3 Å². The van der Waals surface area contributed by atoms with Crippen LogP contribution in [0, 0.1) is 5.41 Å². The monoisotopic (exact) mass is 491 g/mol. The molecule has 1 fully saturated rings. The number of hydrogen-bond donors (Lipinski definition) is 5. The molecule has 2 aromatic rings. The van der Waals surface area contributed by atoms with Gasteiger partial charge in [-0.2, -0.15) is 13.2 Å². The van der Waals surface area contributed by atoms with Crippen LogP contribution >= 0.6 is 0 Å². The van der Waals surface area contributed by atoms with Gasteiger partial charge in [0.15, 0.2) is 0 Å². The molecule has 0 bridgehead atoms. The zero-order valence-electron chi connectivity index (χ0n) is 19.2. The molecule has 1 atom stereocenters. The molecule has 2 aromatic carbocycles. The number of benzene rings is 2. The Morgan fingerprint density at radius 3 is 2.40 bits per heavy atom. The number of nitrogen functional groups attached to an aromatic ring is 1. The summed E-state index contributed by atoms with van der Waals surface area (Å²) in [7, 11) is 0. The van der Waals surface area contributed by atoms with Crippen LogP contribution in [0.25, 0.3) is 0 Å². The second-order valence-electron chi connectivity index (χ2n) is 8.33. The van der Waals surface area contributed by atoms with Gasteiger partial charge < -0.3 is 26.4 Å². The number of hydrogen-bond acceptors (Lipinski definition) is 5. The standard InChI is InChI=1S/C24H28F3N5O3/c1-14(31-21(33)13-22(34)32-17-5-2-15(3-6-17)23(28)29)16-4-7-20(19(12-16)24(25,26)27)35-18-8-10-30-11-9-18/h2-7,12,14,18,30H,8-11,13H2,1H3,(H3,28,29)(H,31,33)(H,32,34). The zero-order chi connectivity index (χ0) is 25.6. The smallest absolute Gasteiger partial charge is 0.419 e. The van der Waals surface area contributed by atoms with Gasteiger partial charge in [-0.25, -0.2) is 0 Å². The molecule has 2 amide bonds. The van der Waals surface area contributed by atoms with Crippen LogP contribution in [0.15, 0.2) is 42.5 Å². The molecule has 1 aliphatic rings. The summed E-state index contributed by atoms with van der Waals surface area (Å²) in [5, 5.41) is 15.6. The van der Waals surface area contributed by atoms with Gasteiger partial charge in [0, 0.05) is 11.3 Å². The molecule has 188 valence electrons. The van der Waals surface area contributed by atoms with Crippen LogP contribution < -0.4 is 26.4 Å². The number of carbonyl (C=O) groups is 2. The first-order valence-electron chi connectivity index (χ1n) is 11.1. The van der Waals surface area contributed by atoms with E-state index in [4.69, 9.17) is 15.9 Å². The zero-order valence-corrected chi connectivity index (χ0v) is 19.2. The number of nitrogens with two attached hydrogens (primary N) is 1. The predicted octanol–water partition coefficient (Wildman–Crippen LogP) is 3.33. The molecule has 0 saturated carbocycles. The van der Waals surface area contributed by atoms with Crippen molar-refractivity contribution in [2.24, 2.45) is 5.73 Å². The second kappa shape index (κ2) is 11.2. The highest BCUT2D eigenvalue weighted by atomic mass is 19.4. The van der Waals surface area contributed by atoms with Crippen LogP contribution in [-0.2, 0) is 15.8 Å². The lowest BCUT2D eigenvalue weighted by molar-refractivity contribution is -0.139. The Morgan fingerprint density at radius 1 is 1.14 bits per heavy atom. The summed E-state index contributed by atoms with van der Waals surface area (Å²) in [6.45, 7) is 2.91. The van der Waals surface area contributed by atoms with Gasteiger partial charge in [-0.15, -0.1) is 0 Å². The van der Waals surface area contributed by atoms with Crippen molar-refractivity contribution in [3.8, 4) is 5.75 Å². The van der Waals surface area contributed by atoms with E-state index in [0.29, 0.717) is 37.2 Å². The Kier molecular flexibility index (Phi) is 8.34. The van der Waals surface area contributed by atoms with E-state index in [1.54, 1.807) is 31.2 Å². The van der Waals surface area contributed by atoms with Crippen molar-refractivity contribution in [2.75, 3.05) is 18.4 Å². The van der Waals surface area contributed by atoms with E-state index in [0.717, 1.165) is 6.07 Å². The van der Waals surface area contributed by atoms with E-state index in [1.165, 1.54) is 12.1 Å². The number of alkyl halides is 3. The van der Waals surface area contributed by atoms with Crippen molar-refractivity contribution in [1.82, 2.24) is 10.6 Å². The molecular weight excluding hydrogens is 463 g/mol. The van der Waals surface area contributed by atoms with E-state index in [1.807, 2.05) is 0 Å². The van der Waals surface area contributed by atoms with Crippen LogP contribution in [0.4, 0.5) is 18.9 Å². The summed E-state index contributed by atoms with van der Waals surface area (Å²) >= 11 is 0. The second-order valence-corrected chi connectivity index (χ2v) is 8.33. The number of piperidine rings is 1. The predicted molar refractivity (Wildman–Crippen MR) is 125 cm³/mol. The molecule has 11 heteroatoms. The average molecular weight is 492 g/mol. The first kappa shape index (κ1) is 26.0. The van der Waals surface area contributed by atoms with E-state index >= 15 is 0 Å². The topological polar surface area (TPSA) is 129 Å². The summed E-state index contributed by atoms with van der Waals surface area (Å²) in [6.07, 6.45) is -4.19. The molecule has 1 heterocycles. The number of anilines is 1. The fraction of sp³-hybridized carbons (Fsp3) is 0.375. The highest BCUT2D eigenvalue weighted by Gasteiger charge is 2.36. The number of rotatable bonds is 8. The Bertz CT molecular complexity index is 1070. The maximum atomic E-state index is 13.7. The molecule has 0 spiro atoms. The Morgan fingerprint density at radius 2 is 1.80 bits per heavy atom. The minimum absolute atomic E-state index is 0.115. The summed E-state index contributed by atoms with van der Waals surface area (Å²) in [5.74, 6) is -1.58. The van der Waals surface area contributed by atoms with Gasteiger partial charge in [0.2, 0.25) is 11.8 Å². The molecule has 0 aromatic heterocycles. The molecule has 0 aliphatic carbocycles. The number of carbonyl (C=O) groups excluding carboxylic acids is 2. The molecule has 1 saturated heterocycles. The van der Waals surface area contributed by atoms with Gasteiger partial charge >= 0.3 is 6.18 Å². The van der Waals surface area contributed by atoms with Crippen LogP contribution in [0.2, 0.25) is 0 Å². The van der Waals surface area contributed by atoms with Gasteiger partial charge in [-0.1, -0.05) is 6.07 Å². The fourth-order valence-electron chi connectivity index (χ4n) is 3.69. The van der Waals surface area contributed by atoms with Crippen molar-refractivity contribution in [3.63, 3.8) is 0 Å². The van der Waals surface area contributed by atoms with Crippen molar-refractivity contribution >= 4 is 23.3 Å². The number of amidine groups is 1. The van der Waals surface area contributed by atoms with Crippen LogP contribution in [0.1, 0.15) is 48.9 Å². The molecule has 1 unspecified atom stereocenters. The maximum Gasteiger partial charge on any atom is 0.419 e. The highest BCUT2D eigenvalue weighted by molar-refractivity contribution is 6.04. The molecule has 0 radical (unpaired) electrons. The lowest BCUT2D eigenvalue weighted by atomic mass is 10.0. The molecule has 1 aliphatic heterocycles. The Balaban J connectivity index is 1.61. The number of halogens is 3. The molecule has 3 rings (SSSR count). The summed E-state index contributed by atoms with van der Waals surface area (Å²) in [5.41, 5.74) is 5.62. The molecule has 8 nitrogen and oxygen atoms in total. The number of nitrogens with one attached hydrogen (secondary N) is 4. The van der Waals surface area contributed by atoms with E-state index in [9.17, 15) is 22.8 Å². The summed E-state index contributed by atoms with van der Waals surface area (Å²) < 4.78 is 46.8. The van der Waals surface area contributed by atoms with Crippen molar-refractivity contribution in [3.05, 3.63) is 59.2 Å². The number of ether oxygens (including phenoxy) is 1. The highest BCUT2D eigenvalue weighted by Crippen LogP contribution is 2.38. The summed E-state index contributed by atoms with van der Waals surface area (Å²) in [4.78, 5) is 24.5. The minimum Gasteiger partial charge on any atom is -0.490 e. The first-order chi connectivity index (χ1) is 16.5. The van der Waals surface area contributed by atoms with Crippen molar-refractivity contribution < 1.29 is 27.5 Å². The largest absolute Gasteiger partial charge is 0.490 e. The van der Waals surface area contributed by atoms with Gasteiger partial charge in [-0.05, 0) is 74.8 Å². The van der Waals surface area contributed by atoms with E-state index in [2.05, 4.69) is 16.0 Å². The average Bonchev–Trinajstić information content (AvgIpc) is 2.79. The maximum absolute atomic E-state index is 13.7. The van der Waals surface area contributed by atoms with Gasteiger partial charge in [0.25, 0.3) is 0 Å². The van der Waals surface area contributed by atoms with Crippen LogP contribution in [-0.4, -0.2) is 36.8 Å². The van der Waals surface area contributed by atoms with Gasteiger partial charge in [0.05, 0.1) is 11.6 Å². The lowest BCUT2D eigenvalue weighted by Crippen LogP contribution is -2.34. The third-order valence-electron chi connectivity index (χ3n) is 5.57. The fourth-order valence-corrected chi connectivity index (χ4v) is 3.69.